The third kappa shape index (κ3) is 5.02. The lowest BCUT2D eigenvalue weighted by atomic mass is 9.97. The first kappa shape index (κ1) is 25.1. The number of rotatable bonds is 5. The summed E-state index contributed by atoms with van der Waals surface area (Å²) >= 11 is 0. The van der Waals surface area contributed by atoms with Gasteiger partial charge in [-0.2, -0.15) is 0 Å². The van der Waals surface area contributed by atoms with E-state index in [1.54, 1.807) is 0 Å². The molecule has 9 N–H and O–H groups in total. The average Bonchev–Trinajstić information content (AvgIpc) is 2.74. The highest BCUT2D eigenvalue weighted by atomic mass is 16.8. The Balaban J connectivity index is 1.80. The average molecular weight is 458 g/mol. The van der Waals surface area contributed by atoms with Gasteiger partial charge in [0.25, 0.3) is 0 Å². The third-order valence-electron chi connectivity index (χ3n) is 5.66. The van der Waals surface area contributed by atoms with Gasteiger partial charge in [0.05, 0.1) is 19.3 Å². The Morgan fingerprint density at radius 1 is 0.710 bits per heavy atom. The Morgan fingerprint density at radius 2 is 1.35 bits per heavy atom. The van der Waals surface area contributed by atoms with Gasteiger partial charge in [-0.1, -0.05) is 0 Å². The summed E-state index contributed by atoms with van der Waals surface area (Å²) in [4.78, 5) is 0. The first-order valence-corrected chi connectivity index (χ1v) is 9.85. The molecule has 0 aliphatic carbocycles. The summed E-state index contributed by atoms with van der Waals surface area (Å²) in [5.41, 5.74) is 0. The molecule has 0 amide bonds. The molecule has 3 fully saturated rings. The van der Waals surface area contributed by atoms with Gasteiger partial charge in [0, 0.05) is 0 Å². The molecule has 3 aliphatic rings. The number of aliphatic hydroxyl groups excluding tert-OH is 9. The SMILES string of the molecule is C[C@H]1O[C@@H](O)[C@H](O)[C@@H](O[C@@H]2O[C@H](CO)[C@@H](O)[C@H](O)[C@H]2O[C@@H]2OC[C@@H](O)[C@H](O)[C@H]2O)[C@H]1O. The van der Waals surface area contributed by atoms with E-state index in [0.717, 1.165) is 0 Å². The van der Waals surface area contributed by atoms with Crippen molar-refractivity contribution in [3.8, 4) is 0 Å². The standard InChI is InChI=1S/C17H30O14/c1-4-7(20)13(12(25)15(26)28-4)30-17-14(10(23)9(22)6(2-18)29-17)31-16-11(24)8(21)5(19)3-27-16/h4-26H,2-3H2,1H3/t4-,5-,6-,7+,8+,9-,10+,11-,12-,13+,14-,15-,16+,17+/m1/s1. The van der Waals surface area contributed by atoms with E-state index in [4.69, 9.17) is 23.7 Å². The molecule has 0 aromatic carbocycles. The predicted octanol–water partition coefficient (Wildman–Crippen LogP) is -5.91. The summed E-state index contributed by atoms with van der Waals surface area (Å²) in [7, 11) is 0. The molecule has 0 aromatic rings. The smallest absolute Gasteiger partial charge is 0.187 e. The topological polar surface area (TPSA) is 228 Å². The van der Waals surface area contributed by atoms with E-state index in [-0.39, 0.29) is 0 Å². The van der Waals surface area contributed by atoms with Crippen LogP contribution in [0.1, 0.15) is 6.92 Å². The van der Waals surface area contributed by atoms with Crippen molar-refractivity contribution < 1.29 is 69.6 Å². The van der Waals surface area contributed by atoms with Crippen LogP contribution < -0.4 is 0 Å². The third-order valence-corrected chi connectivity index (χ3v) is 5.66. The van der Waals surface area contributed by atoms with E-state index in [1.165, 1.54) is 6.92 Å². The maximum atomic E-state index is 10.5. The van der Waals surface area contributed by atoms with Crippen molar-refractivity contribution >= 4 is 0 Å². The molecule has 14 nitrogen and oxygen atoms in total. The summed E-state index contributed by atoms with van der Waals surface area (Å²) in [5, 5.41) is 89.9. The Labute approximate surface area is 176 Å². The van der Waals surface area contributed by atoms with Gasteiger partial charge in [0.2, 0.25) is 0 Å². The Morgan fingerprint density at radius 3 is 2.00 bits per heavy atom. The Bertz CT molecular complexity index is 567. The second-order valence-corrected chi connectivity index (χ2v) is 7.87. The summed E-state index contributed by atoms with van der Waals surface area (Å²) < 4.78 is 26.6. The molecule has 0 unspecified atom stereocenters. The minimum atomic E-state index is -1.76. The molecule has 3 rings (SSSR count). The van der Waals surface area contributed by atoms with Crippen molar-refractivity contribution in [1.29, 1.82) is 0 Å². The van der Waals surface area contributed by atoms with Crippen LogP contribution in [0.2, 0.25) is 0 Å². The molecule has 14 heteroatoms. The van der Waals surface area contributed by atoms with E-state index in [1.807, 2.05) is 0 Å². The van der Waals surface area contributed by atoms with Crippen molar-refractivity contribution in [1.82, 2.24) is 0 Å². The molecule has 0 saturated carbocycles. The molecule has 0 bridgehead atoms. The van der Waals surface area contributed by atoms with Crippen LogP contribution in [0.25, 0.3) is 0 Å². The minimum absolute atomic E-state index is 0.402. The van der Waals surface area contributed by atoms with Gasteiger partial charge in [0.1, 0.15) is 61.0 Å². The fourth-order valence-electron chi connectivity index (χ4n) is 3.69. The van der Waals surface area contributed by atoms with Crippen molar-refractivity contribution in [3.63, 3.8) is 0 Å². The van der Waals surface area contributed by atoms with Gasteiger partial charge in [-0.25, -0.2) is 0 Å². The lowest BCUT2D eigenvalue weighted by Gasteiger charge is -2.47. The van der Waals surface area contributed by atoms with E-state index >= 15 is 0 Å². The quantitative estimate of drug-likeness (QED) is 0.187. The van der Waals surface area contributed by atoms with Gasteiger partial charge in [-0.15, -0.1) is 0 Å². The molecule has 14 atom stereocenters. The van der Waals surface area contributed by atoms with Crippen LogP contribution >= 0.6 is 0 Å². The van der Waals surface area contributed by atoms with Gasteiger partial charge in [0.15, 0.2) is 18.9 Å². The van der Waals surface area contributed by atoms with Crippen molar-refractivity contribution in [2.45, 2.75) is 92.9 Å². The Kier molecular flexibility index (Phi) is 8.21. The highest BCUT2D eigenvalue weighted by Crippen LogP contribution is 2.31. The van der Waals surface area contributed by atoms with Crippen LogP contribution in [0.15, 0.2) is 0 Å². The molecular weight excluding hydrogens is 428 g/mol. The highest BCUT2D eigenvalue weighted by Gasteiger charge is 2.52. The van der Waals surface area contributed by atoms with Gasteiger partial charge in [-0.3, -0.25) is 0 Å². The molecule has 0 aromatic heterocycles. The van der Waals surface area contributed by atoms with E-state index in [9.17, 15) is 46.0 Å². The molecule has 31 heavy (non-hydrogen) atoms. The lowest BCUT2D eigenvalue weighted by molar-refractivity contribution is -0.380. The molecule has 0 radical (unpaired) electrons. The second kappa shape index (κ2) is 10.1. The van der Waals surface area contributed by atoms with Crippen LogP contribution in [0.5, 0.6) is 0 Å². The number of ether oxygens (including phenoxy) is 5. The van der Waals surface area contributed by atoms with Gasteiger partial charge >= 0.3 is 0 Å². The van der Waals surface area contributed by atoms with E-state index in [0.29, 0.717) is 0 Å². The van der Waals surface area contributed by atoms with E-state index < -0.39 is 99.2 Å². The first-order valence-electron chi connectivity index (χ1n) is 9.85. The molecule has 182 valence electrons. The van der Waals surface area contributed by atoms with Crippen molar-refractivity contribution in [3.05, 3.63) is 0 Å². The fraction of sp³-hybridized carbons (Fsp3) is 1.00. The molecule has 3 saturated heterocycles. The van der Waals surface area contributed by atoms with Crippen LogP contribution in [-0.2, 0) is 23.7 Å². The largest absolute Gasteiger partial charge is 0.394 e. The first-order chi connectivity index (χ1) is 14.6. The normalized spacial score (nSPS) is 54.0. The zero-order valence-corrected chi connectivity index (χ0v) is 16.6. The summed E-state index contributed by atoms with van der Waals surface area (Å²) in [5.74, 6) is 0. The molecule has 3 heterocycles. The van der Waals surface area contributed by atoms with Crippen LogP contribution in [0.3, 0.4) is 0 Å². The number of aliphatic hydroxyl groups is 9. The monoisotopic (exact) mass is 458 g/mol. The molecular formula is C17H30O14. The van der Waals surface area contributed by atoms with Crippen LogP contribution in [-0.4, -0.2) is 145 Å². The Hall–Kier alpha value is -0.560. The van der Waals surface area contributed by atoms with Crippen molar-refractivity contribution in [2.75, 3.05) is 13.2 Å². The lowest BCUT2D eigenvalue weighted by Crippen LogP contribution is -2.65. The fourth-order valence-corrected chi connectivity index (χ4v) is 3.69. The van der Waals surface area contributed by atoms with E-state index in [2.05, 4.69) is 0 Å². The zero-order valence-electron chi connectivity index (χ0n) is 16.6. The molecule has 0 spiro atoms. The highest BCUT2D eigenvalue weighted by molar-refractivity contribution is 4.94. The van der Waals surface area contributed by atoms with Gasteiger partial charge in [-0.05, 0) is 6.92 Å². The van der Waals surface area contributed by atoms with Crippen LogP contribution in [0, 0.1) is 0 Å². The second-order valence-electron chi connectivity index (χ2n) is 7.87. The number of hydrogen-bond donors (Lipinski definition) is 9. The van der Waals surface area contributed by atoms with Gasteiger partial charge < -0.3 is 69.6 Å². The summed E-state index contributed by atoms with van der Waals surface area (Å²) in [6, 6.07) is 0. The van der Waals surface area contributed by atoms with Crippen LogP contribution in [0.4, 0.5) is 0 Å². The zero-order chi connectivity index (χ0) is 23.0. The molecule has 3 aliphatic heterocycles. The van der Waals surface area contributed by atoms with Crippen molar-refractivity contribution in [2.24, 2.45) is 0 Å². The maximum absolute atomic E-state index is 10.5. The predicted molar refractivity (Wildman–Crippen MR) is 93.8 cm³/mol. The summed E-state index contributed by atoms with van der Waals surface area (Å²) in [6.45, 7) is 0.289. The minimum Gasteiger partial charge on any atom is -0.394 e. The number of hydrogen-bond acceptors (Lipinski definition) is 14. The maximum Gasteiger partial charge on any atom is 0.187 e. The summed E-state index contributed by atoms with van der Waals surface area (Å²) in [6.07, 6.45) is -21.6.